The number of aliphatic carboxylic acids is 1. The standard InChI is InChI=1S/C17H9Cl4NO5/c18-11-9-10(12(19)14(21)13(11)20)16(25)22(15(9)24)8(17(26)27)5-6-1-3-7(23)4-2-6/h1-4,8,23H,5H2,(H,26,27)/p-1/t8-/m1/s1. The summed E-state index contributed by atoms with van der Waals surface area (Å²) in [6.07, 6.45) is -0.245. The van der Waals surface area contributed by atoms with E-state index >= 15 is 0 Å². The third-order valence-corrected chi connectivity index (χ3v) is 5.88. The van der Waals surface area contributed by atoms with Gasteiger partial charge in [0.25, 0.3) is 11.8 Å². The Kier molecular flexibility index (Phi) is 5.27. The van der Waals surface area contributed by atoms with Gasteiger partial charge in [-0.1, -0.05) is 58.5 Å². The topological polar surface area (TPSA) is 97.7 Å². The zero-order valence-electron chi connectivity index (χ0n) is 13.1. The Hall–Kier alpha value is -1.99. The second-order valence-electron chi connectivity index (χ2n) is 5.69. The van der Waals surface area contributed by atoms with E-state index in [1.165, 1.54) is 24.3 Å². The molecule has 27 heavy (non-hydrogen) atoms. The third-order valence-electron chi connectivity index (χ3n) is 4.08. The zero-order chi connectivity index (χ0) is 20.0. The lowest BCUT2D eigenvalue weighted by molar-refractivity contribution is -0.310. The van der Waals surface area contributed by atoms with Gasteiger partial charge in [0.1, 0.15) is 5.75 Å². The fraction of sp³-hybridized carbons (Fsp3) is 0.118. The summed E-state index contributed by atoms with van der Waals surface area (Å²) in [4.78, 5) is 37.7. The van der Waals surface area contributed by atoms with Crippen LogP contribution >= 0.6 is 46.4 Å². The molecule has 10 heteroatoms. The fourth-order valence-corrected chi connectivity index (χ4v) is 3.80. The largest absolute Gasteiger partial charge is 0.548 e. The SMILES string of the molecule is O=C([O-])[C@@H](Cc1ccc(O)cc1)N1C(=O)c2c(Cl)c(Cl)c(Cl)c(Cl)c2C1=O. The van der Waals surface area contributed by atoms with Gasteiger partial charge in [-0.3, -0.25) is 14.5 Å². The first kappa shape index (κ1) is 19.8. The molecule has 140 valence electrons. The van der Waals surface area contributed by atoms with Crippen LogP contribution in [-0.2, 0) is 11.2 Å². The molecular formula is C17H8Cl4NO5-. The van der Waals surface area contributed by atoms with Crippen molar-refractivity contribution in [3.05, 3.63) is 61.0 Å². The molecule has 0 saturated carbocycles. The summed E-state index contributed by atoms with van der Waals surface area (Å²) in [6, 6.07) is 3.97. The van der Waals surface area contributed by atoms with E-state index in [4.69, 9.17) is 46.4 Å². The molecule has 1 atom stereocenters. The number of fused-ring (bicyclic) bond motifs is 1. The number of hydrogen-bond acceptors (Lipinski definition) is 5. The monoisotopic (exact) mass is 446 g/mol. The van der Waals surface area contributed by atoms with Gasteiger partial charge >= 0.3 is 0 Å². The highest BCUT2D eigenvalue weighted by molar-refractivity contribution is 6.55. The van der Waals surface area contributed by atoms with Gasteiger partial charge in [-0.15, -0.1) is 0 Å². The minimum Gasteiger partial charge on any atom is -0.548 e. The number of nitrogens with zero attached hydrogens (tertiary/aromatic N) is 1. The van der Waals surface area contributed by atoms with E-state index in [1.807, 2.05) is 0 Å². The van der Waals surface area contributed by atoms with Crippen LogP contribution in [0.3, 0.4) is 0 Å². The van der Waals surface area contributed by atoms with Crippen LogP contribution in [0.4, 0.5) is 0 Å². The molecule has 2 aromatic rings. The van der Waals surface area contributed by atoms with Gasteiger partial charge in [-0.25, -0.2) is 0 Å². The van der Waals surface area contributed by atoms with E-state index in [0.29, 0.717) is 10.5 Å². The normalized spacial score (nSPS) is 14.4. The number of rotatable bonds is 4. The number of carbonyl (C=O) groups excluding carboxylic acids is 3. The first-order chi connectivity index (χ1) is 12.6. The van der Waals surface area contributed by atoms with Crippen molar-refractivity contribution in [2.75, 3.05) is 0 Å². The number of amides is 2. The summed E-state index contributed by atoms with van der Waals surface area (Å²) < 4.78 is 0. The molecule has 2 aromatic carbocycles. The Morgan fingerprint density at radius 2 is 1.37 bits per heavy atom. The Morgan fingerprint density at radius 3 is 1.78 bits per heavy atom. The molecule has 3 rings (SSSR count). The van der Waals surface area contributed by atoms with Crippen LogP contribution in [0.2, 0.25) is 20.1 Å². The average Bonchev–Trinajstić information content (AvgIpc) is 2.88. The molecule has 0 bridgehead atoms. The van der Waals surface area contributed by atoms with E-state index in [1.54, 1.807) is 0 Å². The van der Waals surface area contributed by atoms with E-state index in [2.05, 4.69) is 0 Å². The Balaban J connectivity index is 2.07. The second kappa shape index (κ2) is 7.20. The molecule has 0 fully saturated rings. The highest BCUT2D eigenvalue weighted by Crippen LogP contribution is 2.45. The number of benzene rings is 2. The molecule has 0 aromatic heterocycles. The maximum atomic E-state index is 12.8. The van der Waals surface area contributed by atoms with E-state index in [0.717, 1.165) is 0 Å². The van der Waals surface area contributed by atoms with Gasteiger partial charge in [-0.05, 0) is 24.1 Å². The van der Waals surface area contributed by atoms with E-state index < -0.39 is 23.8 Å². The van der Waals surface area contributed by atoms with Crippen molar-refractivity contribution < 1.29 is 24.6 Å². The smallest absolute Gasteiger partial charge is 0.263 e. The van der Waals surface area contributed by atoms with Crippen LogP contribution in [0.15, 0.2) is 24.3 Å². The molecular weight excluding hydrogens is 440 g/mol. The summed E-state index contributed by atoms with van der Waals surface area (Å²) in [6.45, 7) is 0. The van der Waals surface area contributed by atoms with Crippen LogP contribution in [0.5, 0.6) is 5.75 Å². The maximum absolute atomic E-state index is 12.8. The predicted molar refractivity (Wildman–Crippen MR) is 97.6 cm³/mol. The predicted octanol–water partition coefficient (Wildman–Crippen LogP) is 2.96. The number of halogens is 4. The lowest BCUT2D eigenvalue weighted by Crippen LogP contribution is -2.51. The van der Waals surface area contributed by atoms with E-state index in [-0.39, 0.29) is 43.4 Å². The number of phenolic OH excluding ortho intramolecular Hbond substituents is 1. The molecule has 0 saturated heterocycles. The Morgan fingerprint density at radius 1 is 0.926 bits per heavy atom. The van der Waals surface area contributed by atoms with Crippen LogP contribution in [0.1, 0.15) is 26.3 Å². The fourth-order valence-electron chi connectivity index (χ4n) is 2.78. The molecule has 1 N–H and O–H groups in total. The highest BCUT2D eigenvalue weighted by atomic mass is 35.5. The molecule has 0 spiro atoms. The minimum absolute atomic E-state index is 0.0210. The maximum Gasteiger partial charge on any atom is 0.263 e. The number of hydrogen-bond donors (Lipinski definition) is 1. The molecule has 2 amide bonds. The molecule has 6 nitrogen and oxygen atoms in total. The molecule has 1 heterocycles. The molecule has 0 radical (unpaired) electrons. The van der Waals surface area contributed by atoms with Crippen LogP contribution in [0, 0.1) is 0 Å². The average molecular weight is 448 g/mol. The number of carboxylic acid groups (broad SMARTS) is 1. The molecule has 0 unspecified atom stereocenters. The quantitative estimate of drug-likeness (QED) is 0.441. The van der Waals surface area contributed by atoms with Gasteiger partial charge in [0.2, 0.25) is 0 Å². The summed E-state index contributed by atoms with van der Waals surface area (Å²) in [5.74, 6) is -3.60. The molecule has 1 aliphatic rings. The van der Waals surface area contributed by atoms with E-state index in [9.17, 15) is 24.6 Å². The summed E-state index contributed by atoms with van der Waals surface area (Å²) in [5.41, 5.74) is -0.164. The Bertz CT molecular complexity index is 943. The Labute approximate surface area is 172 Å². The number of imide groups is 1. The van der Waals surface area contributed by atoms with Crippen LogP contribution < -0.4 is 5.11 Å². The van der Waals surface area contributed by atoms with Crippen molar-refractivity contribution in [2.45, 2.75) is 12.5 Å². The first-order valence-electron chi connectivity index (χ1n) is 7.37. The molecule has 1 aliphatic heterocycles. The van der Waals surface area contributed by atoms with Crippen molar-refractivity contribution in [2.24, 2.45) is 0 Å². The first-order valence-corrected chi connectivity index (χ1v) is 8.89. The number of carbonyl (C=O) groups is 3. The highest BCUT2D eigenvalue weighted by Gasteiger charge is 2.45. The van der Waals surface area contributed by atoms with Crippen molar-refractivity contribution in [1.82, 2.24) is 4.90 Å². The van der Waals surface area contributed by atoms with Gasteiger partial charge in [-0.2, -0.15) is 0 Å². The summed E-state index contributed by atoms with van der Waals surface area (Å²) in [5, 5.41) is 20.0. The van der Waals surface area contributed by atoms with Gasteiger partial charge in [0.15, 0.2) is 0 Å². The number of aromatic hydroxyl groups is 1. The van der Waals surface area contributed by atoms with Crippen molar-refractivity contribution in [1.29, 1.82) is 0 Å². The lowest BCUT2D eigenvalue weighted by atomic mass is 10.0. The lowest BCUT2D eigenvalue weighted by Gasteiger charge is -2.27. The van der Waals surface area contributed by atoms with Gasteiger partial charge in [0.05, 0.1) is 43.2 Å². The second-order valence-corrected chi connectivity index (χ2v) is 7.20. The van der Waals surface area contributed by atoms with Crippen molar-refractivity contribution >= 4 is 64.2 Å². The zero-order valence-corrected chi connectivity index (χ0v) is 16.2. The third kappa shape index (κ3) is 3.23. The molecule has 0 aliphatic carbocycles. The van der Waals surface area contributed by atoms with Crippen molar-refractivity contribution in [3.63, 3.8) is 0 Å². The number of phenols is 1. The van der Waals surface area contributed by atoms with Gasteiger partial charge in [0, 0.05) is 0 Å². The number of carboxylic acids is 1. The van der Waals surface area contributed by atoms with Gasteiger partial charge < -0.3 is 15.0 Å². The summed E-state index contributed by atoms with van der Waals surface area (Å²) in [7, 11) is 0. The minimum atomic E-state index is -1.65. The van der Waals surface area contributed by atoms with Crippen LogP contribution in [-0.4, -0.2) is 33.8 Å². The summed E-state index contributed by atoms with van der Waals surface area (Å²) >= 11 is 23.9. The van der Waals surface area contributed by atoms with Crippen molar-refractivity contribution in [3.8, 4) is 5.75 Å². The van der Waals surface area contributed by atoms with Crippen LogP contribution in [0.25, 0.3) is 0 Å².